The van der Waals surface area contributed by atoms with Crippen LogP contribution in [0.3, 0.4) is 0 Å². The number of aryl methyl sites for hydroxylation is 1. The zero-order chi connectivity index (χ0) is 13.0. The predicted octanol–water partition coefficient (Wildman–Crippen LogP) is 2.53. The van der Waals surface area contributed by atoms with Crippen molar-refractivity contribution in [1.82, 2.24) is 4.90 Å². The van der Waals surface area contributed by atoms with Crippen molar-refractivity contribution in [2.45, 2.75) is 32.8 Å². The topological polar surface area (TPSA) is 36.3 Å². The van der Waals surface area contributed by atoms with E-state index in [1.54, 1.807) is 0 Å². The second-order valence-electron chi connectivity index (χ2n) is 4.86. The molecule has 1 unspecified atom stereocenters. The van der Waals surface area contributed by atoms with Gasteiger partial charge in [0.25, 0.3) is 0 Å². The van der Waals surface area contributed by atoms with Crippen LogP contribution in [-0.2, 0) is 6.42 Å². The highest BCUT2D eigenvalue weighted by atomic mass is 16.5. The average Bonchev–Trinajstić information content (AvgIpc) is 2.75. The third-order valence-corrected chi connectivity index (χ3v) is 3.41. The van der Waals surface area contributed by atoms with Crippen LogP contribution in [0.25, 0.3) is 0 Å². The van der Waals surface area contributed by atoms with E-state index >= 15 is 0 Å². The molecule has 3 nitrogen and oxygen atoms in total. The number of ether oxygens (including phenoxy) is 1. The lowest BCUT2D eigenvalue weighted by Crippen LogP contribution is -2.35. The zero-order valence-corrected chi connectivity index (χ0v) is 11.1. The maximum Gasteiger partial charge on any atom is 0.123 e. The van der Waals surface area contributed by atoms with Crippen LogP contribution >= 0.6 is 0 Å². The molecule has 1 atom stereocenters. The first-order valence-corrected chi connectivity index (χ1v) is 6.58. The van der Waals surface area contributed by atoms with Gasteiger partial charge >= 0.3 is 0 Å². The molecule has 1 aromatic carbocycles. The summed E-state index contributed by atoms with van der Waals surface area (Å²) in [7, 11) is 0. The summed E-state index contributed by atoms with van der Waals surface area (Å²) >= 11 is 0. The molecule has 0 saturated heterocycles. The van der Waals surface area contributed by atoms with Gasteiger partial charge < -0.3 is 4.74 Å². The molecule has 0 radical (unpaired) electrons. The molecular formula is C15H20N2O. The molecule has 0 N–H and O–H groups in total. The van der Waals surface area contributed by atoms with Crippen LogP contribution in [0.2, 0.25) is 0 Å². The quantitative estimate of drug-likeness (QED) is 0.798. The largest absolute Gasteiger partial charge is 0.488 e. The van der Waals surface area contributed by atoms with Crippen LogP contribution < -0.4 is 4.74 Å². The smallest absolute Gasteiger partial charge is 0.123 e. The molecule has 1 aromatic rings. The summed E-state index contributed by atoms with van der Waals surface area (Å²) in [5.41, 5.74) is 2.60. The van der Waals surface area contributed by atoms with E-state index in [2.05, 4.69) is 43.0 Å². The van der Waals surface area contributed by atoms with Gasteiger partial charge in [0.2, 0.25) is 0 Å². The summed E-state index contributed by atoms with van der Waals surface area (Å²) in [4.78, 5) is 2.28. The molecule has 1 heterocycles. The minimum Gasteiger partial charge on any atom is -0.488 e. The van der Waals surface area contributed by atoms with Gasteiger partial charge in [-0.1, -0.05) is 24.6 Å². The number of nitriles is 1. The molecule has 0 aliphatic carbocycles. The Kier molecular flexibility index (Phi) is 4.22. The minimum absolute atomic E-state index is 0.237. The van der Waals surface area contributed by atoms with Crippen LogP contribution in [0, 0.1) is 18.3 Å². The summed E-state index contributed by atoms with van der Waals surface area (Å²) in [6.07, 6.45) is 1.81. The molecule has 1 aliphatic heterocycles. The molecule has 1 aliphatic rings. The van der Waals surface area contributed by atoms with Crippen molar-refractivity contribution in [1.29, 1.82) is 5.26 Å². The Balaban J connectivity index is 1.92. The van der Waals surface area contributed by atoms with E-state index in [1.165, 1.54) is 11.1 Å². The van der Waals surface area contributed by atoms with E-state index in [0.29, 0.717) is 6.42 Å². The van der Waals surface area contributed by atoms with E-state index in [9.17, 15) is 0 Å². The van der Waals surface area contributed by atoms with Gasteiger partial charge in [0.1, 0.15) is 11.9 Å². The van der Waals surface area contributed by atoms with Crippen molar-refractivity contribution in [2.75, 3.05) is 19.6 Å². The first kappa shape index (κ1) is 12.9. The van der Waals surface area contributed by atoms with Gasteiger partial charge in [0.05, 0.1) is 6.07 Å². The molecule has 0 amide bonds. The highest BCUT2D eigenvalue weighted by molar-refractivity contribution is 5.40. The SMILES string of the molecule is CCN(CCC#N)CC1Cc2cc(C)ccc2O1. The average molecular weight is 244 g/mol. The van der Waals surface area contributed by atoms with Crippen LogP contribution in [0.15, 0.2) is 18.2 Å². The fourth-order valence-electron chi connectivity index (χ4n) is 2.43. The first-order valence-electron chi connectivity index (χ1n) is 6.58. The van der Waals surface area contributed by atoms with Crippen molar-refractivity contribution in [2.24, 2.45) is 0 Å². The molecule has 3 heteroatoms. The van der Waals surface area contributed by atoms with Crippen LogP contribution in [0.5, 0.6) is 5.75 Å². The number of benzene rings is 1. The highest BCUT2D eigenvalue weighted by Gasteiger charge is 2.24. The van der Waals surface area contributed by atoms with E-state index in [0.717, 1.165) is 31.8 Å². The molecular weight excluding hydrogens is 224 g/mol. The Morgan fingerprint density at radius 1 is 1.50 bits per heavy atom. The summed E-state index contributed by atoms with van der Waals surface area (Å²) in [6, 6.07) is 8.57. The van der Waals surface area contributed by atoms with Crippen LogP contribution in [-0.4, -0.2) is 30.6 Å². The molecule has 0 fully saturated rings. The Morgan fingerprint density at radius 2 is 2.33 bits per heavy atom. The van der Waals surface area contributed by atoms with Crippen molar-refractivity contribution in [3.05, 3.63) is 29.3 Å². The fraction of sp³-hybridized carbons (Fsp3) is 0.533. The van der Waals surface area contributed by atoms with Crippen molar-refractivity contribution < 1.29 is 4.74 Å². The standard InChI is InChI=1S/C15H20N2O/c1-3-17(8-4-7-16)11-14-10-13-9-12(2)5-6-15(13)18-14/h5-6,9,14H,3-4,8,10-11H2,1-2H3. The second kappa shape index (κ2) is 5.88. The number of hydrogen-bond acceptors (Lipinski definition) is 3. The number of fused-ring (bicyclic) bond motifs is 1. The van der Waals surface area contributed by atoms with E-state index in [-0.39, 0.29) is 6.10 Å². The van der Waals surface area contributed by atoms with E-state index in [1.807, 2.05) is 0 Å². The lowest BCUT2D eigenvalue weighted by Gasteiger charge is -2.22. The second-order valence-corrected chi connectivity index (χ2v) is 4.86. The summed E-state index contributed by atoms with van der Waals surface area (Å²) in [5.74, 6) is 1.03. The number of nitrogens with zero attached hydrogens (tertiary/aromatic N) is 2. The zero-order valence-electron chi connectivity index (χ0n) is 11.1. The first-order chi connectivity index (χ1) is 8.72. The molecule has 0 bridgehead atoms. The lowest BCUT2D eigenvalue weighted by molar-refractivity contribution is 0.156. The van der Waals surface area contributed by atoms with Gasteiger partial charge in [-0.25, -0.2) is 0 Å². The van der Waals surface area contributed by atoms with Gasteiger partial charge in [-0.3, -0.25) is 4.90 Å². The number of hydrogen-bond donors (Lipinski definition) is 0. The minimum atomic E-state index is 0.237. The maximum absolute atomic E-state index is 8.64. The van der Waals surface area contributed by atoms with Gasteiger partial charge in [0, 0.05) is 25.9 Å². The Morgan fingerprint density at radius 3 is 3.06 bits per heavy atom. The van der Waals surface area contributed by atoms with E-state index in [4.69, 9.17) is 10.00 Å². The molecule has 0 aromatic heterocycles. The molecule has 0 saturated carbocycles. The van der Waals surface area contributed by atoms with Gasteiger partial charge in [-0.05, 0) is 25.1 Å². The lowest BCUT2D eigenvalue weighted by atomic mass is 10.1. The maximum atomic E-state index is 8.64. The van der Waals surface area contributed by atoms with Gasteiger partial charge in [0.15, 0.2) is 0 Å². The van der Waals surface area contributed by atoms with Gasteiger partial charge in [-0.15, -0.1) is 0 Å². The summed E-state index contributed by atoms with van der Waals surface area (Å²) < 4.78 is 5.95. The number of rotatable bonds is 5. The van der Waals surface area contributed by atoms with Crippen LogP contribution in [0.4, 0.5) is 0 Å². The van der Waals surface area contributed by atoms with Crippen molar-refractivity contribution in [3.8, 4) is 11.8 Å². The van der Waals surface area contributed by atoms with Crippen LogP contribution in [0.1, 0.15) is 24.5 Å². The Labute approximate surface area is 109 Å². The predicted molar refractivity (Wildman–Crippen MR) is 71.6 cm³/mol. The third kappa shape index (κ3) is 3.02. The molecule has 0 spiro atoms. The summed E-state index contributed by atoms with van der Waals surface area (Å²) in [6.45, 7) is 6.95. The number of likely N-dealkylation sites (N-methyl/N-ethyl adjacent to an activating group) is 1. The normalized spacial score (nSPS) is 17.3. The van der Waals surface area contributed by atoms with Crippen molar-refractivity contribution >= 4 is 0 Å². The molecule has 96 valence electrons. The van der Waals surface area contributed by atoms with E-state index < -0.39 is 0 Å². The fourth-order valence-corrected chi connectivity index (χ4v) is 2.43. The monoisotopic (exact) mass is 244 g/mol. The Hall–Kier alpha value is -1.53. The molecule has 18 heavy (non-hydrogen) atoms. The third-order valence-electron chi connectivity index (χ3n) is 3.41. The van der Waals surface area contributed by atoms with Gasteiger partial charge in [-0.2, -0.15) is 5.26 Å². The molecule has 2 rings (SSSR count). The van der Waals surface area contributed by atoms with Crippen molar-refractivity contribution in [3.63, 3.8) is 0 Å². The summed E-state index contributed by atoms with van der Waals surface area (Å²) in [5, 5.41) is 8.64. The Bertz CT molecular complexity index is 450. The highest BCUT2D eigenvalue weighted by Crippen LogP contribution is 2.29.